The summed E-state index contributed by atoms with van der Waals surface area (Å²) in [5.41, 5.74) is 4.39. The minimum Gasteiger partial charge on any atom is -0.466 e. The maximum absolute atomic E-state index is 8.82. The number of benzene rings is 2. The van der Waals surface area contributed by atoms with E-state index < -0.39 is 0 Å². The minimum absolute atomic E-state index is 0.0502. The predicted octanol–water partition coefficient (Wildman–Crippen LogP) is 4.97. The fourth-order valence-electron chi connectivity index (χ4n) is 3.08. The van der Waals surface area contributed by atoms with Crippen molar-refractivity contribution in [3.05, 3.63) is 50.9 Å². The standard InChI is InChI=1S/C23H27BrN2O4S/c1-16-12-19-22(14-20(16)26(2)8-10-29-11-9-27)31-23(25-19)7-5-17-4-6-21(18(24)13-17)30-15-28-3/h4-7,12-14,27H,8-11,15H2,1-3H3/b7-5+. The summed E-state index contributed by atoms with van der Waals surface area (Å²) < 4.78 is 17.8. The fourth-order valence-corrected chi connectivity index (χ4v) is 4.48. The highest BCUT2D eigenvalue weighted by Gasteiger charge is 2.10. The van der Waals surface area contributed by atoms with Gasteiger partial charge in [-0.2, -0.15) is 0 Å². The molecule has 0 atom stereocenters. The number of aliphatic hydroxyl groups is 1. The molecular weight excluding hydrogens is 480 g/mol. The van der Waals surface area contributed by atoms with Gasteiger partial charge in [0.05, 0.1) is 34.5 Å². The number of thiazole rings is 1. The number of aromatic nitrogens is 1. The van der Waals surface area contributed by atoms with Gasteiger partial charge in [-0.1, -0.05) is 12.1 Å². The Morgan fingerprint density at radius 2 is 2.03 bits per heavy atom. The van der Waals surface area contributed by atoms with E-state index in [-0.39, 0.29) is 13.4 Å². The number of aryl methyl sites for hydroxylation is 1. The van der Waals surface area contributed by atoms with Gasteiger partial charge >= 0.3 is 0 Å². The maximum Gasteiger partial charge on any atom is 0.188 e. The van der Waals surface area contributed by atoms with Gasteiger partial charge in [0, 0.05) is 26.4 Å². The number of nitrogens with zero attached hydrogens (tertiary/aromatic N) is 2. The van der Waals surface area contributed by atoms with Crippen molar-refractivity contribution in [2.75, 3.05) is 52.2 Å². The largest absolute Gasteiger partial charge is 0.466 e. The van der Waals surface area contributed by atoms with Gasteiger partial charge in [-0.15, -0.1) is 11.3 Å². The molecule has 0 fully saturated rings. The molecule has 2 aromatic carbocycles. The first-order chi connectivity index (χ1) is 15.0. The highest BCUT2D eigenvalue weighted by Crippen LogP contribution is 2.31. The van der Waals surface area contributed by atoms with Crippen LogP contribution in [0.1, 0.15) is 16.1 Å². The molecule has 0 bridgehead atoms. The van der Waals surface area contributed by atoms with Crippen molar-refractivity contribution < 1.29 is 19.3 Å². The molecule has 6 nitrogen and oxygen atoms in total. The number of anilines is 1. The Morgan fingerprint density at radius 3 is 2.77 bits per heavy atom. The molecular formula is C23H27BrN2O4S. The zero-order chi connectivity index (χ0) is 22.2. The summed E-state index contributed by atoms with van der Waals surface area (Å²) in [6, 6.07) is 10.2. The molecule has 1 N–H and O–H groups in total. The van der Waals surface area contributed by atoms with Gasteiger partial charge in [0.25, 0.3) is 0 Å². The monoisotopic (exact) mass is 506 g/mol. The second kappa shape index (κ2) is 11.6. The summed E-state index contributed by atoms with van der Waals surface area (Å²) >= 11 is 5.20. The zero-order valence-corrected chi connectivity index (χ0v) is 20.3. The molecule has 0 spiro atoms. The molecule has 0 aliphatic rings. The van der Waals surface area contributed by atoms with Crippen LogP contribution < -0.4 is 9.64 Å². The number of methoxy groups -OCH3 is 1. The Bertz CT molecular complexity index is 1040. The van der Waals surface area contributed by atoms with Gasteiger partial charge < -0.3 is 24.2 Å². The smallest absolute Gasteiger partial charge is 0.188 e. The van der Waals surface area contributed by atoms with E-state index in [1.54, 1.807) is 18.4 Å². The third-order valence-electron chi connectivity index (χ3n) is 4.65. The van der Waals surface area contributed by atoms with E-state index in [2.05, 4.69) is 46.9 Å². The molecule has 3 rings (SSSR count). The van der Waals surface area contributed by atoms with E-state index in [1.165, 1.54) is 5.56 Å². The Kier molecular flexibility index (Phi) is 8.86. The average molecular weight is 507 g/mol. The lowest BCUT2D eigenvalue weighted by atomic mass is 10.1. The summed E-state index contributed by atoms with van der Waals surface area (Å²) in [6.07, 6.45) is 4.07. The van der Waals surface area contributed by atoms with Gasteiger partial charge in [0.2, 0.25) is 0 Å². The van der Waals surface area contributed by atoms with Gasteiger partial charge in [0.1, 0.15) is 10.8 Å². The predicted molar refractivity (Wildman–Crippen MR) is 131 cm³/mol. The summed E-state index contributed by atoms with van der Waals surface area (Å²) in [4.78, 5) is 6.94. The van der Waals surface area contributed by atoms with E-state index in [0.29, 0.717) is 13.2 Å². The van der Waals surface area contributed by atoms with Crippen LogP contribution in [0.5, 0.6) is 5.75 Å². The lowest BCUT2D eigenvalue weighted by molar-refractivity contribution is 0.0506. The fraction of sp³-hybridized carbons (Fsp3) is 0.348. The van der Waals surface area contributed by atoms with Crippen LogP contribution in [0.2, 0.25) is 0 Å². The molecule has 0 saturated heterocycles. The third-order valence-corrected chi connectivity index (χ3v) is 6.25. The third kappa shape index (κ3) is 6.51. The lowest BCUT2D eigenvalue weighted by Gasteiger charge is -2.21. The van der Waals surface area contributed by atoms with Crippen molar-refractivity contribution in [1.82, 2.24) is 4.98 Å². The summed E-state index contributed by atoms with van der Waals surface area (Å²) in [7, 11) is 3.65. The SMILES string of the molecule is COCOc1ccc(/C=C/c2nc3cc(C)c(N(C)CCOCCO)cc3s2)cc1Br. The quantitative estimate of drug-likeness (QED) is 0.292. The average Bonchev–Trinajstić information content (AvgIpc) is 3.15. The number of ether oxygens (including phenoxy) is 3. The van der Waals surface area contributed by atoms with Crippen LogP contribution >= 0.6 is 27.3 Å². The van der Waals surface area contributed by atoms with Gasteiger partial charge in [-0.3, -0.25) is 0 Å². The van der Waals surface area contributed by atoms with E-state index in [0.717, 1.165) is 43.2 Å². The Hall–Kier alpha value is -1.97. The molecule has 31 heavy (non-hydrogen) atoms. The Morgan fingerprint density at radius 1 is 1.19 bits per heavy atom. The molecule has 1 heterocycles. The zero-order valence-electron chi connectivity index (χ0n) is 17.9. The normalized spacial score (nSPS) is 11.5. The van der Waals surface area contributed by atoms with Gasteiger partial charge in [-0.25, -0.2) is 4.98 Å². The first-order valence-electron chi connectivity index (χ1n) is 9.92. The second-order valence-electron chi connectivity index (χ2n) is 6.99. The van der Waals surface area contributed by atoms with E-state index >= 15 is 0 Å². The Labute approximate surface area is 195 Å². The van der Waals surface area contributed by atoms with Crippen LogP contribution in [0.25, 0.3) is 22.4 Å². The molecule has 0 saturated carbocycles. The summed E-state index contributed by atoms with van der Waals surface area (Å²) in [5, 5.41) is 9.78. The van der Waals surface area contributed by atoms with Crippen molar-refractivity contribution in [2.24, 2.45) is 0 Å². The number of hydrogen-bond acceptors (Lipinski definition) is 7. The molecule has 3 aromatic rings. The van der Waals surface area contributed by atoms with Crippen LogP contribution in [0.15, 0.2) is 34.8 Å². The first-order valence-corrected chi connectivity index (χ1v) is 11.5. The van der Waals surface area contributed by atoms with Crippen molar-refractivity contribution in [3.8, 4) is 5.75 Å². The molecule has 0 amide bonds. The summed E-state index contributed by atoms with van der Waals surface area (Å²) in [6.45, 7) is 4.07. The van der Waals surface area contributed by atoms with Crippen molar-refractivity contribution >= 4 is 55.3 Å². The van der Waals surface area contributed by atoms with Crippen molar-refractivity contribution in [2.45, 2.75) is 6.92 Å². The second-order valence-corrected chi connectivity index (χ2v) is 8.91. The lowest BCUT2D eigenvalue weighted by Crippen LogP contribution is -2.23. The molecule has 8 heteroatoms. The van der Waals surface area contributed by atoms with Gasteiger partial charge in [-0.05, 0) is 64.3 Å². The summed E-state index contributed by atoms with van der Waals surface area (Å²) in [5.74, 6) is 0.743. The number of hydrogen-bond donors (Lipinski definition) is 1. The number of aliphatic hydroxyl groups excluding tert-OH is 1. The van der Waals surface area contributed by atoms with Crippen LogP contribution in [0.3, 0.4) is 0 Å². The number of fused-ring (bicyclic) bond motifs is 1. The highest BCUT2D eigenvalue weighted by molar-refractivity contribution is 9.10. The van der Waals surface area contributed by atoms with Crippen LogP contribution in [0, 0.1) is 6.92 Å². The molecule has 0 aliphatic heterocycles. The van der Waals surface area contributed by atoms with Crippen LogP contribution in [0.4, 0.5) is 5.69 Å². The number of rotatable bonds is 11. The van der Waals surface area contributed by atoms with Crippen molar-refractivity contribution in [1.29, 1.82) is 0 Å². The molecule has 0 radical (unpaired) electrons. The topological polar surface area (TPSA) is 64.1 Å². The maximum atomic E-state index is 8.82. The molecule has 0 unspecified atom stereocenters. The number of likely N-dealkylation sites (N-methyl/N-ethyl adjacent to an activating group) is 1. The van der Waals surface area contributed by atoms with Crippen molar-refractivity contribution in [3.63, 3.8) is 0 Å². The first kappa shape index (κ1) is 23.7. The number of halogens is 1. The molecule has 0 aliphatic carbocycles. The Balaban J connectivity index is 1.73. The van der Waals surface area contributed by atoms with E-state index in [9.17, 15) is 0 Å². The highest BCUT2D eigenvalue weighted by atomic mass is 79.9. The van der Waals surface area contributed by atoms with E-state index in [1.807, 2.05) is 30.4 Å². The van der Waals surface area contributed by atoms with E-state index in [4.69, 9.17) is 24.3 Å². The van der Waals surface area contributed by atoms with Crippen LogP contribution in [-0.4, -0.2) is 57.4 Å². The van der Waals surface area contributed by atoms with Crippen LogP contribution in [-0.2, 0) is 9.47 Å². The molecule has 1 aromatic heterocycles. The molecule has 166 valence electrons. The minimum atomic E-state index is 0.0502. The van der Waals surface area contributed by atoms with Gasteiger partial charge in [0.15, 0.2) is 6.79 Å².